The van der Waals surface area contributed by atoms with E-state index in [1.54, 1.807) is 11.3 Å². The van der Waals surface area contributed by atoms with Crippen LogP contribution in [0.1, 0.15) is 11.6 Å². The quantitative estimate of drug-likeness (QED) is 0.558. The summed E-state index contributed by atoms with van der Waals surface area (Å²) in [4.78, 5) is 9.38. The van der Waals surface area contributed by atoms with Crippen LogP contribution in [0.5, 0.6) is 0 Å². The van der Waals surface area contributed by atoms with Gasteiger partial charge in [-0.1, -0.05) is 30.3 Å². The van der Waals surface area contributed by atoms with E-state index >= 15 is 0 Å². The van der Waals surface area contributed by atoms with Gasteiger partial charge in [0, 0.05) is 48.8 Å². The molecule has 6 nitrogen and oxygen atoms in total. The van der Waals surface area contributed by atoms with Gasteiger partial charge in [-0.15, -0.1) is 21.5 Å². The van der Waals surface area contributed by atoms with Gasteiger partial charge < -0.3 is 9.13 Å². The summed E-state index contributed by atoms with van der Waals surface area (Å²) in [5.41, 5.74) is 2.14. The summed E-state index contributed by atoms with van der Waals surface area (Å²) < 4.78 is 4.44. The Morgan fingerprint density at radius 1 is 1.19 bits per heavy atom. The molecule has 130 valence electrons. The van der Waals surface area contributed by atoms with Gasteiger partial charge in [-0.2, -0.15) is 0 Å². The van der Waals surface area contributed by atoms with Gasteiger partial charge in [-0.3, -0.25) is 0 Å². The molecule has 0 saturated heterocycles. The molecular formula is C19H18N6S. The van der Waals surface area contributed by atoms with Crippen molar-refractivity contribution >= 4 is 11.3 Å². The van der Waals surface area contributed by atoms with Crippen LogP contribution in [-0.4, -0.2) is 29.3 Å². The Bertz CT molecular complexity index is 1050. The number of rotatable bonds is 4. The molecule has 5 rings (SSSR count). The zero-order chi connectivity index (χ0) is 17.5. The van der Waals surface area contributed by atoms with E-state index in [1.165, 1.54) is 0 Å². The molecule has 0 saturated carbocycles. The number of aromatic nitrogens is 6. The molecule has 1 aliphatic rings. The third-order valence-electron chi connectivity index (χ3n) is 4.86. The van der Waals surface area contributed by atoms with Gasteiger partial charge in [0.1, 0.15) is 11.6 Å². The van der Waals surface area contributed by atoms with Gasteiger partial charge >= 0.3 is 0 Å². The highest BCUT2D eigenvalue weighted by atomic mass is 32.1. The van der Waals surface area contributed by atoms with E-state index in [1.807, 2.05) is 37.5 Å². The average Bonchev–Trinajstić information content (AvgIpc) is 3.42. The van der Waals surface area contributed by atoms with E-state index in [0.29, 0.717) is 5.92 Å². The van der Waals surface area contributed by atoms with Crippen molar-refractivity contribution in [2.75, 3.05) is 0 Å². The average molecular weight is 362 g/mol. The lowest BCUT2D eigenvalue weighted by Crippen LogP contribution is -2.13. The third kappa shape index (κ3) is 2.64. The second kappa shape index (κ2) is 6.17. The third-order valence-corrected chi connectivity index (χ3v) is 5.70. The van der Waals surface area contributed by atoms with Crippen LogP contribution in [0.3, 0.4) is 0 Å². The molecular weight excluding hydrogens is 344 g/mol. The predicted octanol–water partition coefficient (Wildman–Crippen LogP) is 3.45. The fourth-order valence-electron chi connectivity index (χ4n) is 3.57. The monoisotopic (exact) mass is 362 g/mol. The van der Waals surface area contributed by atoms with Gasteiger partial charge in [-0.25, -0.2) is 9.97 Å². The van der Waals surface area contributed by atoms with Crippen LogP contribution in [0, 0.1) is 12.8 Å². The zero-order valence-corrected chi connectivity index (χ0v) is 15.2. The Morgan fingerprint density at radius 3 is 2.92 bits per heavy atom. The minimum absolute atomic E-state index is 0.515. The van der Waals surface area contributed by atoms with Crippen LogP contribution in [0.25, 0.3) is 22.1 Å². The topological polar surface area (TPSA) is 61.4 Å². The highest BCUT2D eigenvalue weighted by Gasteiger charge is 2.26. The number of benzene rings is 1. The highest BCUT2D eigenvalue weighted by molar-refractivity contribution is 7.13. The molecule has 1 unspecified atom stereocenters. The van der Waals surface area contributed by atoms with E-state index < -0.39 is 0 Å². The molecule has 26 heavy (non-hydrogen) atoms. The van der Waals surface area contributed by atoms with Gasteiger partial charge in [0.15, 0.2) is 10.8 Å². The predicted molar refractivity (Wildman–Crippen MR) is 101 cm³/mol. The minimum Gasteiger partial charge on any atom is -0.329 e. The van der Waals surface area contributed by atoms with Crippen molar-refractivity contribution in [3.8, 4) is 22.1 Å². The number of hydrogen-bond donors (Lipinski definition) is 0. The van der Waals surface area contributed by atoms with Gasteiger partial charge in [-0.05, 0) is 6.92 Å². The largest absolute Gasteiger partial charge is 0.329 e. The first kappa shape index (κ1) is 15.5. The summed E-state index contributed by atoms with van der Waals surface area (Å²) in [5, 5.41) is 11.5. The molecule has 7 heteroatoms. The fourth-order valence-corrected chi connectivity index (χ4v) is 4.41. The Morgan fingerprint density at radius 2 is 2.08 bits per heavy atom. The lowest BCUT2D eigenvalue weighted by atomic mass is 10.1. The molecule has 0 aliphatic carbocycles. The molecule has 0 radical (unpaired) electrons. The lowest BCUT2D eigenvalue weighted by Gasteiger charge is -2.12. The zero-order valence-electron chi connectivity index (χ0n) is 14.4. The van der Waals surface area contributed by atoms with Gasteiger partial charge in [0.05, 0.1) is 5.69 Å². The maximum absolute atomic E-state index is 4.81. The summed E-state index contributed by atoms with van der Waals surface area (Å²) in [6, 6.07) is 10.3. The first-order valence-corrected chi connectivity index (χ1v) is 9.57. The number of fused-ring (bicyclic) bond motifs is 1. The van der Waals surface area contributed by atoms with Gasteiger partial charge in [0.2, 0.25) is 0 Å². The van der Waals surface area contributed by atoms with Crippen LogP contribution in [0.2, 0.25) is 0 Å². The van der Waals surface area contributed by atoms with Crippen LogP contribution in [0.4, 0.5) is 0 Å². The van der Waals surface area contributed by atoms with Crippen LogP contribution >= 0.6 is 11.3 Å². The SMILES string of the molecule is Cc1nnc2n1CC(Cn1ccnc1-c1nc(-c3ccccc3)cs1)C2. The number of thiazole rings is 1. The summed E-state index contributed by atoms with van der Waals surface area (Å²) in [5.74, 6) is 3.55. The number of imidazole rings is 1. The fraction of sp³-hybridized carbons (Fsp3) is 0.263. The number of hydrogen-bond acceptors (Lipinski definition) is 5. The van der Waals surface area contributed by atoms with Crippen LogP contribution < -0.4 is 0 Å². The highest BCUT2D eigenvalue weighted by Crippen LogP contribution is 2.29. The van der Waals surface area contributed by atoms with Gasteiger partial charge in [0.25, 0.3) is 0 Å². The molecule has 4 heterocycles. The molecule has 0 amide bonds. The summed E-state index contributed by atoms with van der Waals surface area (Å²) in [6.07, 6.45) is 4.87. The molecule has 3 aromatic heterocycles. The Kier molecular flexibility index (Phi) is 3.67. The van der Waals surface area contributed by atoms with Crippen molar-refractivity contribution in [3.63, 3.8) is 0 Å². The normalized spacial score (nSPS) is 16.1. The second-order valence-electron chi connectivity index (χ2n) is 6.65. The minimum atomic E-state index is 0.515. The lowest BCUT2D eigenvalue weighted by molar-refractivity contribution is 0.431. The van der Waals surface area contributed by atoms with Crippen molar-refractivity contribution in [2.24, 2.45) is 5.92 Å². The standard InChI is InChI=1S/C19H18N6S/c1-13-22-23-17-9-14(11-25(13)17)10-24-8-7-20-18(24)19-21-16(12-26-19)15-5-3-2-4-6-15/h2-8,12,14H,9-11H2,1H3. The number of aryl methyl sites for hydroxylation is 1. The molecule has 1 atom stereocenters. The van der Waals surface area contributed by atoms with Crippen LogP contribution in [-0.2, 0) is 19.5 Å². The van der Waals surface area contributed by atoms with Crippen molar-refractivity contribution in [1.82, 2.24) is 29.3 Å². The smallest absolute Gasteiger partial charge is 0.169 e. The molecule has 4 aromatic rings. The van der Waals surface area contributed by atoms with E-state index in [-0.39, 0.29) is 0 Å². The van der Waals surface area contributed by atoms with Crippen molar-refractivity contribution in [2.45, 2.75) is 26.4 Å². The van der Waals surface area contributed by atoms with E-state index in [9.17, 15) is 0 Å². The Hall–Kier alpha value is -2.80. The van der Waals surface area contributed by atoms with Crippen LogP contribution in [0.15, 0.2) is 48.1 Å². The van der Waals surface area contributed by atoms with Crippen molar-refractivity contribution < 1.29 is 0 Å². The molecule has 0 fully saturated rings. The second-order valence-corrected chi connectivity index (χ2v) is 7.51. The molecule has 1 aromatic carbocycles. The summed E-state index contributed by atoms with van der Waals surface area (Å²) in [6.45, 7) is 3.90. The Labute approximate surface area is 155 Å². The Balaban J connectivity index is 1.38. The maximum atomic E-state index is 4.81. The molecule has 0 spiro atoms. The van der Waals surface area contributed by atoms with E-state index in [0.717, 1.165) is 53.2 Å². The molecule has 0 N–H and O–H groups in total. The number of nitrogens with zero attached hydrogens (tertiary/aromatic N) is 6. The van der Waals surface area contributed by atoms with E-state index in [4.69, 9.17) is 4.98 Å². The maximum Gasteiger partial charge on any atom is 0.169 e. The summed E-state index contributed by atoms with van der Waals surface area (Å²) in [7, 11) is 0. The summed E-state index contributed by atoms with van der Waals surface area (Å²) >= 11 is 1.64. The first-order chi connectivity index (χ1) is 12.8. The van der Waals surface area contributed by atoms with Crippen molar-refractivity contribution in [1.29, 1.82) is 0 Å². The molecule has 1 aliphatic heterocycles. The molecule has 0 bridgehead atoms. The first-order valence-electron chi connectivity index (χ1n) is 8.69. The van der Waals surface area contributed by atoms with Crippen molar-refractivity contribution in [3.05, 3.63) is 59.8 Å². The van der Waals surface area contributed by atoms with E-state index in [2.05, 4.69) is 41.8 Å².